The molecule has 3 aromatic heterocycles. The van der Waals surface area contributed by atoms with Crippen LogP contribution >= 0.6 is 0 Å². The number of rotatable bonds is 8. The maximum absolute atomic E-state index is 11.2. The smallest absolute Gasteiger partial charge is 0.444 e. The predicted octanol–water partition coefficient (Wildman–Crippen LogP) is 1.93. The maximum Gasteiger partial charge on any atom is 0.444 e. The highest BCUT2D eigenvalue weighted by Crippen LogP contribution is 2.20. The van der Waals surface area contributed by atoms with Crippen LogP contribution in [0.15, 0.2) is 97.6 Å². The zero-order valence-corrected chi connectivity index (χ0v) is 20.1. The van der Waals surface area contributed by atoms with Crippen molar-refractivity contribution in [3.8, 4) is 17.1 Å². The Hall–Kier alpha value is -5.75. The highest BCUT2D eigenvalue weighted by atomic mass is 16.4. The maximum atomic E-state index is 11.2. The van der Waals surface area contributed by atoms with E-state index in [9.17, 15) is 14.7 Å². The van der Waals surface area contributed by atoms with Crippen LogP contribution in [0, 0.1) is 0 Å². The number of nitrogens with zero attached hydrogens (tertiary/aromatic N) is 5. The van der Waals surface area contributed by atoms with Gasteiger partial charge in [0, 0.05) is 23.8 Å². The SMILES string of the molecule is O.O=C([O-])c1ccc(Nc2nc(Nc3ccc(C(=O)O)cc3)nc(-[n+]3ccc(-c4ccncc4)cc3)n2)cc1. The largest absolute Gasteiger partial charge is 0.545 e. The minimum atomic E-state index is -1.27. The molecule has 3 heterocycles. The number of carboxylic acids is 2. The van der Waals surface area contributed by atoms with E-state index in [-0.39, 0.29) is 28.5 Å². The van der Waals surface area contributed by atoms with Crippen molar-refractivity contribution in [2.24, 2.45) is 0 Å². The fraction of sp³-hybridized carbons (Fsp3) is 0. The molecule has 5 N–H and O–H groups in total. The number of hydrogen-bond donors (Lipinski definition) is 3. The lowest BCUT2D eigenvalue weighted by Gasteiger charge is -2.07. The van der Waals surface area contributed by atoms with Gasteiger partial charge in [0.1, 0.15) is 0 Å². The van der Waals surface area contributed by atoms with Crippen molar-refractivity contribution < 1.29 is 29.8 Å². The molecule has 0 radical (unpaired) electrons. The summed E-state index contributed by atoms with van der Waals surface area (Å²) in [4.78, 5) is 39.7. The molecule has 0 saturated heterocycles. The molecule has 0 atom stereocenters. The topological polar surface area (TPSA) is 188 Å². The summed E-state index contributed by atoms with van der Waals surface area (Å²) < 4.78 is 1.72. The van der Waals surface area contributed by atoms with Crippen molar-refractivity contribution >= 4 is 35.2 Å². The number of aromatic carboxylic acids is 2. The molecule has 5 rings (SSSR count). The van der Waals surface area contributed by atoms with Gasteiger partial charge in [0.15, 0.2) is 0 Å². The average molecular weight is 524 g/mol. The number of benzene rings is 2. The molecule has 0 saturated carbocycles. The van der Waals surface area contributed by atoms with Gasteiger partial charge in [-0.15, -0.1) is 4.98 Å². The third kappa shape index (κ3) is 6.34. The highest BCUT2D eigenvalue weighted by Gasteiger charge is 2.19. The Labute approximate surface area is 221 Å². The second kappa shape index (κ2) is 11.5. The van der Waals surface area contributed by atoms with E-state index in [1.54, 1.807) is 41.2 Å². The summed E-state index contributed by atoms with van der Waals surface area (Å²) in [6.45, 7) is 0. The number of pyridine rings is 2. The molecule has 0 spiro atoms. The predicted molar refractivity (Wildman–Crippen MR) is 139 cm³/mol. The molecule has 0 bridgehead atoms. The number of carbonyl (C=O) groups is 2. The van der Waals surface area contributed by atoms with Crippen LogP contribution in [0.4, 0.5) is 23.3 Å². The second-order valence-corrected chi connectivity index (χ2v) is 8.01. The summed E-state index contributed by atoms with van der Waals surface area (Å²) >= 11 is 0. The molecule has 2 aromatic carbocycles. The zero-order chi connectivity index (χ0) is 26.5. The lowest BCUT2D eigenvalue weighted by molar-refractivity contribution is -0.603. The summed E-state index contributed by atoms with van der Waals surface area (Å²) in [5.74, 6) is -1.59. The van der Waals surface area contributed by atoms with Crippen LogP contribution in [0.25, 0.3) is 17.1 Å². The monoisotopic (exact) mass is 523 g/mol. The van der Waals surface area contributed by atoms with Crippen molar-refractivity contribution in [3.63, 3.8) is 0 Å². The Morgan fingerprint density at radius 3 is 1.67 bits per heavy atom. The van der Waals surface area contributed by atoms with E-state index in [4.69, 9.17) is 5.11 Å². The number of anilines is 4. The van der Waals surface area contributed by atoms with Crippen LogP contribution in [-0.2, 0) is 0 Å². The fourth-order valence-electron chi connectivity index (χ4n) is 3.53. The first-order valence-electron chi connectivity index (χ1n) is 11.3. The van der Waals surface area contributed by atoms with E-state index in [0.717, 1.165) is 11.1 Å². The molecular weight excluding hydrogens is 502 g/mol. The normalized spacial score (nSPS) is 10.3. The number of aromatic nitrogens is 5. The van der Waals surface area contributed by atoms with E-state index in [1.165, 1.54) is 24.3 Å². The Morgan fingerprint density at radius 2 is 1.18 bits per heavy atom. The van der Waals surface area contributed by atoms with Gasteiger partial charge in [-0.25, -0.2) is 9.36 Å². The van der Waals surface area contributed by atoms with Gasteiger partial charge < -0.3 is 31.1 Å². The van der Waals surface area contributed by atoms with Gasteiger partial charge in [-0.2, -0.15) is 0 Å². The second-order valence-electron chi connectivity index (χ2n) is 8.01. The molecule has 0 amide bonds. The number of hydrogen-bond acceptors (Lipinski definition) is 9. The average Bonchev–Trinajstić information content (AvgIpc) is 2.94. The third-order valence-electron chi connectivity index (χ3n) is 5.46. The van der Waals surface area contributed by atoms with Gasteiger partial charge in [0.2, 0.25) is 0 Å². The van der Waals surface area contributed by atoms with E-state index < -0.39 is 11.9 Å². The summed E-state index contributed by atoms with van der Waals surface area (Å²) in [5, 5.41) is 26.3. The van der Waals surface area contributed by atoms with Crippen molar-refractivity contribution in [1.82, 2.24) is 19.9 Å². The van der Waals surface area contributed by atoms with Crippen LogP contribution in [0.3, 0.4) is 0 Å². The molecule has 0 aliphatic carbocycles. The van der Waals surface area contributed by atoms with Crippen LogP contribution in [0.2, 0.25) is 0 Å². The van der Waals surface area contributed by atoms with E-state index in [1.807, 2.05) is 36.7 Å². The third-order valence-corrected chi connectivity index (χ3v) is 5.46. The first kappa shape index (κ1) is 26.3. The molecule has 5 aromatic rings. The Bertz CT molecular complexity index is 1520. The van der Waals surface area contributed by atoms with Crippen molar-refractivity contribution in [3.05, 3.63) is 109 Å². The Balaban J connectivity index is 0.00000353. The van der Waals surface area contributed by atoms with Crippen molar-refractivity contribution in [2.45, 2.75) is 0 Å². The molecule has 12 heteroatoms. The van der Waals surface area contributed by atoms with Gasteiger partial charge in [-0.3, -0.25) is 4.98 Å². The molecule has 0 fully saturated rings. The Kier molecular flexibility index (Phi) is 7.78. The van der Waals surface area contributed by atoms with E-state index >= 15 is 0 Å². The van der Waals surface area contributed by atoms with E-state index in [0.29, 0.717) is 17.3 Å². The molecular formula is C27H21N7O5. The van der Waals surface area contributed by atoms with Crippen LogP contribution in [0.1, 0.15) is 20.7 Å². The lowest BCUT2D eigenvalue weighted by atomic mass is 10.1. The standard InChI is InChI=1S/C27H19N7O4.H2O/c35-23(36)19-1-5-21(6-2-19)29-25-31-26(30-22-7-3-20(4-8-22)24(37)38)33-27(32-25)34-15-11-18(12-16-34)17-9-13-28-14-10-17;/h1-16H,(H3-,29,30,31,32,33,35,36,37,38);1H2. The Morgan fingerprint density at radius 1 is 0.692 bits per heavy atom. The van der Waals surface area contributed by atoms with Gasteiger partial charge in [0.25, 0.3) is 0 Å². The van der Waals surface area contributed by atoms with Crippen molar-refractivity contribution in [1.29, 1.82) is 0 Å². The van der Waals surface area contributed by atoms with E-state index in [2.05, 4.69) is 30.6 Å². The van der Waals surface area contributed by atoms with Crippen molar-refractivity contribution in [2.75, 3.05) is 10.6 Å². The fourth-order valence-corrected chi connectivity index (χ4v) is 3.53. The van der Waals surface area contributed by atoms with Gasteiger partial charge in [-0.1, -0.05) is 12.1 Å². The summed E-state index contributed by atoms with van der Waals surface area (Å²) in [6, 6.07) is 19.8. The van der Waals surface area contributed by atoms with Gasteiger partial charge in [-0.05, 0) is 87.3 Å². The van der Waals surface area contributed by atoms with Gasteiger partial charge >= 0.3 is 23.8 Å². The highest BCUT2D eigenvalue weighted by molar-refractivity contribution is 5.88. The summed E-state index contributed by atoms with van der Waals surface area (Å²) in [7, 11) is 0. The summed E-state index contributed by atoms with van der Waals surface area (Å²) in [6.07, 6.45) is 7.07. The molecule has 12 nitrogen and oxygen atoms in total. The first-order valence-corrected chi connectivity index (χ1v) is 11.3. The summed E-state index contributed by atoms with van der Waals surface area (Å²) in [5.41, 5.74) is 3.33. The van der Waals surface area contributed by atoms with Gasteiger partial charge in [0.05, 0.1) is 23.9 Å². The van der Waals surface area contributed by atoms with Crippen LogP contribution in [0.5, 0.6) is 0 Å². The minimum Gasteiger partial charge on any atom is -0.545 e. The molecule has 0 aliphatic rings. The zero-order valence-electron chi connectivity index (χ0n) is 20.1. The van der Waals surface area contributed by atoms with Crippen LogP contribution < -0.4 is 20.3 Å². The molecule has 194 valence electrons. The van der Waals surface area contributed by atoms with Crippen LogP contribution in [-0.4, -0.2) is 42.5 Å². The lowest BCUT2D eigenvalue weighted by Crippen LogP contribution is -2.33. The minimum absolute atomic E-state index is 0. The quantitative estimate of drug-likeness (QED) is 0.253. The number of nitrogens with one attached hydrogen (secondary N) is 2. The number of carboxylic acid groups (broad SMARTS) is 2. The molecule has 39 heavy (non-hydrogen) atoms. The molecule has 0 unspecified atom stereocenters. The molecule has 0 aliphatic heterocycles. The number of carbonyl (C=O) groups excluding carboxylic acids is 1. The first-order chi connectivity index (χ1) is 18.4.